The van der Waals surface area contributed by atoms with Gasteiger partial charge in [-0.2, -0.15) is 22.0 Å². The summed E-state index contributed by atoms with van der Waals surface area (Å²) in [6.07, 6.45) is -2.62. The molecule has 0 nitrogen and oxygen atoms in total. The quantitative estimate of drug-likeness (QED) is 0.231. The highest BCUT2D eigenvalue weighted by Crippen LogP contribution is 2.45. The summed E-state index contributed by atoms with van der Waals surface area (Å²) < 4.78 is 60.9. The first-order valence-electron chi connectivity index (χ1n) is 5.65. The second-order valence-electron chi connectivity index (χ2n) is 4.60. The molecule has 0 aliphatic rings. The summed E-state index contributed by atoms with van der Waals surface area (Å²) in [5.74, 6) is -4.59. The van der Waals surface area contributed by atoms with Gasteiger partial charge in [0.25, 0.3) is 0 Å². The van der Waals surface area contributed by atoms with Gasteiger partial charge in [0, 0.05) is 9.84 Å². The van der Waals surface area contributed by atoms with Crippen LogP contribution in [0.25, 0.3) is 0 Å². The minimum Gasteiger partial charge on any atom is -0.196 e. The van der Waals surface area contributed by atoms with Crippen LogP contribution >= 0.6 is 22.6 Å². The molecule has 1 atom stereocenters. The average molecular weight is 372 g/mol. The zero-order valence-corrected chi connectivity index (χ0v) is 12.2. The van der Waals surface area contributed by atoms with Crippen molar-refractivity contribution in [2.24, 2.45) is 0 Å². The maximum absolute atomic E-state index is 12.9. The fourth-order valence-electron chi connectivity index (χ4n) is 1.57. The number of unbranched alkanes of at least 4 members (excludes halogenated alkanes) is 3. The van der Waals surface area contributed by atoms with Gasteiger partial charge in [0.05, 0.1) is 0 Å². The number of halogens is 6. The maximum Gasteiger partial charge on any atom is 0.453 e. The van der Waals surface area contributed by atoms with Crippen LogP contribution in [0.5, 0.6) is 0 Å². The molecule has 0 aliphatic heterocycles. The van der Waals surface area contributed by atoms with Crippen molar-refractivity contribution in [1.82, 2.24) is 0 Å². The van der Waals surface area contributed by atoms with E-state index < -0.39 is 21.9 Å². The predicted molar refractivity (Wildman–Crippen MR) is 66.8 cm³/mol. The lowest BCUT2D eigenvalue weighted by molar-refractivity contribution is -0.285. The van der Waals surface area contributed by atoms with Crippen molar-refractivity contribution in [2.45, 2.75) is 67.9 Å². The Morgan fingerprint density at radius 1 is 0.941 bits per heavy atom. The second-order valence-corrected chi connectivity index (χ2v) is 7.21. The fraction of sp³-hybridized carbons (Fsp3) is 1.00. The van der Waals surface area contributed by atoms with Gasteiger partial charge in [-0.3, -0.25) is 0 Å². The Hall–Kier alpha value is 0.380. The van der Waals surface area contributed by atoms with Crippen molar-refractivity contribution in [3.05, 3.63) is 0 Å². The van der Waals surface area contributed by atoms with Crippen LogP contribution in [0.2, 0.25) is 0 Å². The van der Waals surface area contributed by atoms with E-state index in [9.17, 15) is 22.0 Å². The largest absolute Gasteiger partial charge is 0.453 e. The Morgan fingerprint density at radius 2 is 1.47 bits per heavy atom. The molecule has 0 radical (unpaired) electrons. The molecule has 0 bridgehead atoms. The zero-order valence-electron chi connectivity index (χ0n) is 10.0. The molecule has 17 heavy (non-hydrogen) atoms. The third-order valence-electron chi connectivity index (χ3n) is 2.56. The Bertz CT molecular complexity index is 222. The molecule has 0 aromatic heterocycles. The standard InChI is InChI=1S/C11H18F5I/c1-3-4-5-6-7-9(2,17)8-10(12,13)11(14,15)16/h3-8H2,1-2H3. The topological polar surface area (TPSA) is 0 Å². The smallest absolute Gasteiger partial charge is 0.196 e. The van der Waals surface area contributed by atoms with E-state index in [1.807, 2.05) is 6.92 Å². The van der Waals surface area contributed by atoms with E-state index in [0.717, 1.165) is 19.3 Å². The molecule has 0 fully saturated rings. The summed E-state index contributed by atoms with van der Waals surface area (Å²) in [4.78, 5) is 0. The lowest BCUT2D eigenvalue weighted by Crippen LogP contribution is -2.41. The highest BCUT2D eigenvalue weighted by atomic mass is 127. The minimum absolute atomic E-state index is 0.388. The first-order chi connectivity index (χ1) is 7.52. The first kappa shape index (κ1) is 17.4. The molecule has 104 valence electrons. The SMILES string of the molecule is CCCCCCC(C)(I)CC(F)(F)C(F)(F)F. The lowest BCUT2D eigenvalue weighted by atomic mass is 9.95. The van der Waals surface area contributed by atoms with Crippen molar-refractivity contribution in [3.8, 4) is 0 Å². The molecule has 0 aliphatic carbocycles. The van der Waals surface area contributed by atoms with Crippen molar-refractivity contribution < 1.29 is 22.0 Å². The average Bonchev–Trinajstić information content (AvgIpc) is 2.09. The second kappa shape index (κ2) is 6.52. The Kier molecular flexibility index (Phi) is 6.66. The highest BCUT2D eigenvalue weighted by molar-refractivity contribution is 14.1. The third-order valence-corrected chi connectivity index (χ3v) is 3.48. The molecule has 0 saturated heterocycles. The molecule has 0 saturated carbocycles. The van der Waals surface area contributed by atoms with Gasteiger partial charge in [-0.25, -0.2) is 0 Å². The fourth-order valence-corrected chi connectivity index (χ4v) is 2.43. The van der Waals surface area contributed by atoms with Crippen LogP contribution in [-0.4, -0.2) is 15.5 Å². The number of hydrogen-bond acceptors (Lipinski definition) is 0. The van der Waals surface area contributed by atoms with Gasteiger partial charge in [-0.1, -0.05) is 62.1 Å². The van der Waals surface area contributed by atoms with Crippen molar-refractivity contribution >= 4 is 22.6 Å². The van der Waals surface area contributed by atoms with E-state index in [1.165, 1.54) is 6.92 Å². The van der Waals surface area contributed by atoms with Gasteiger partial charge in [0.1, 0.15) is 0 Å². The predicted octanol–water partition coefficient (Wildman–Crippen LogP) is 5.74. The van der Waals surface area contributed by atoms with Gasteiger partial charge < -0.3 is 0 Å². The summed E-state index contributed by atoms with van der Waals surface area (Å²) in [6.45, 7) is 3.47. The molecule has 0 aromatic rings. The van der Waals surface area contributed by atoms with Gasteiger partial charge >= 0.3 is 12.1 Å². The Morgan fingerprint density at radius 3 is 1.88 bits per heavy atom. The van der Waals surface area contributed by atoms with E-state index in [1.54, 1.807) is 22.6 Å². The first-order valence-corrected chi connectivity index (χ1v) is 6.73. The molecule has 6 heteroatoms. The normalized spacial score (nSPS) is 16.9. The minimum atomic E-state index is -5.44. The van der Waals surface area contributed by atoms with E-state index in [0.29, 0.717) is 12.8 Å². The van der Waals surface area contributed by atoms with Crippen LogP contribution < -0.4 is 0 Å². The van der Waals surface area contributed by atoms with Crippen LogP contribution in [0.3, 0.4) is 0 Å². The summed E-state index contributed by atoms with van der Waals surface area (Å²) in [5.41, 5.74) is 0. The van der Waals surface area contributed by atoms with Crippen LogP contribution in [0, 0.1) is 0 Å². The van der Waals surface area contributed by atoms with E-state index in [2.05, 4.69) is 0 Å². The number of alkyl halides is 6. The van der Waals surface area contributed by atoms with Gasteiger partial charge in [-0.15, -0.1) is 0 Å². The molecule has 0 N–H and O–H groups in total. The summed E-state index contributed by atoms with van der Waals surface area (Å²) in [7, 11) is 0. The monoisotopic (exact) mass is 372 g/mol. The van der Waals surface area contributed by atoms with Crippen molar-refractivity contribution in [3.63, 3.8) is 0 Å². The van der Waals surface area contributed by atoms with Crippen molar-refractivity contribution in [1.29, 1.82) is 0 Å². The van der Waals surface area contributed by atoms with Crippen LogP contribution in [0.1, 0.15) is 52.4 Å². The Labute approximate surface area is 112 Å². The summed E-state index contributed by atoms with van der Waals surface area (Å²) in [5, 5.41) is 0. The molecule has 0 rings (SSSR count). The van der Waals surface area contributed by atoms with Crippen molar-refractivity contribution in [2.75, 3.05) is 0 Å². The molecule has 1 unspecified atom stereocenters. The number of rotatable bonds is 7. The molecular formula is C11H18F5I. The van der Waals surface area contributed by atoms with Gasteiger partial charge in [0.15, 0.2) is 0 Å². The molecule has 0 aromatic carbocycles. The lowest BCUT2D eigenvalue weighted by Gasteiger charge is -2.29. The number of hydrogen-bond donors (Lipinski definition) is 0. The van der Waals surface area contributed by atoms with Crippen LogP contribution in [0.15, 0.2) is 0 Å². The summed E-state index contributed by atoms with van der Waals surface area (Å²) in [6, 6.07) is 0. The van der Waals surface area contributed by atoms with E-state index in [4.69, 9.17) is 0 Å². The van der Waals surface area contributed by atoms with Gasteiger partial charge in [-0.05, 0) is 6.42 Å². The molecule has 0 spiro atoms. The van der Waals surface area contributed by atoms with Gasteiger partial charge in [0.2, 0.25) is 0 Å². The summed E-state index contributed by atoms with van der Waals surface area (Å²) >= 11 is 1.71. The zero-order chi connectivity index (χ0) is 13.7. The highest BCUT2D eigenvalue weighted by Gasteiger charge is 2.59. The van der Waals surface area contributed by atoms with E-state index in [-0.39, 0.29) is 0 Å². The molecular weight excluding hydrogens is 354 g/mol. The Balaban J connectivity index is 4.24. The molecule has 0 heterocycles. The van der Waals surface area contributed by atoms with Crippen LogP contribution in [-0.2, 0) is 0 Å². The molecule has 0 amide bonds. The third kappa shape index (κ3) is 6.76. The van der Waals surface area contributed by atoms with E-state index >= 15 is 0 Å². The maximum atomic E-state index is 12.9. The van der Waals surface area contributed by atoms with Crippen LogP contribution in [0.4, 0.5) is 22.0 Å².